The van der Waals surface area contributed by atoms with E-state index in [2.05, 4.69) is 25.6 Å². The highest BCUT2D eigenvalue weighted by Gasteiger charge is 2.24. The fourth-order valence-corrected chi connectivity index (χ4v) is 3.83. The molecule has 1 fully saturated rings. The summed E-state index contributed by atoms with van der Waals surface area (Å²) in [7, 11) is -3.52. The minimum absolute atomic E-state index is 0.0996. The summed E-state index contributed by atoms with van der Waals surface area (Å²) in [6.45, 7) is 0. The molecule has 0 aliphatic heterocycles. The van der Waals surface area contributed by atoms with Crippen LogP contribution in [0.5, 0.6) is 0 Å². The van der Waals surface area contributed by atoms with E-state index in [4.69, 9.17) is 0 Å². The minimum atomic E-state index is -3.52. The zero-order chi connectivity index (χ0) is 13.2. The maximum atomic E-state index is 12.1. The van der Waals surface area contributed by atoms with E-state index in [9.17, 15) is 13.5 Å². The number of aliphatic hydroxyl groups excluding tert-OH is 1. The highest BCUT2D eigenvalue weighted by atomic mass is 79.9. The summed E-state index contributed by atoms with van der Waals surface area (Å²) in [5.41, 5.74) is 0. The molecule has 2 N–H and O–H groups in total. The third kappa shape index (κ3) is 3.50. The SMILES string of the molecule is O=S(=O)(NC1CCC(O)CC1)c1cncc(Br)c1. The van der Waals surface area contributed by atoms with Gasteiger partial charge in [-0.25, -0.2) is 13.1 Å². The molecule has 1 aliphatic carbocycles. The van der Waals surface area contributed by atoms with Gasteiger partial charge in [-0.2, -0.15) is 0 Å². The molecule has 100 valence electrons. The zero-order valence-corrected chi connectivity index (χ0v) is 12.1. The number of aliphatic hydroxyl groups is 1. The van der Waals surface area contributed by atoms with Crippen molar-refractivity contribution in [3.8, 4) is 0 Å². The van der Waals surface area contributed by atoms with Gasteiger partial charge in [-0.15, -0.1) is 0 Å². The molecule has 0 unspecified atom stereocenters. The van der Waals surface area contributed by atoms with Crippen molar-refractivity contribution in [2.24, 2.45) is 0 Å². The lowest BCUT2D eigenvalue weighted by molar-refractivity contribution is 0.120. The lowest BCUT2D eigenvalue weighted by atomic mass is 9.94. The number of hydrogen-bond acceptors (Lipinski definition) is 4. The molecule has 1 aliphatic rings. The molecule has 1 aromatic rings. The van der Waals surface area contributed by atoms with Gasteiger partial charge in [-0.1, -0.05) is 0 Å². The standard InChI is InChI=1S/C11H15BrN2O3S/c12-8-5-11(7-13-6-8)18(16,17)14-9-1-3-10(15)4-2-9/h5-7,9-10,14-15H,1-4H2. The summed E-state index contributed by atoms with van der Waals surface area (Å²) in [5, 5.41) is 9.39. The number of aromatic nitrogens is 1. The Bertz CT molecular complexity index is 513. The lowest BCUT2D eigenvalue weighted by Crippen LogP contribution is -2.38. The Morgan fingerprint density at radius 2 is 1.94 bits per heavy atom. The normalized spacial score (nSPS) is 25.0. The molecule has 7 heteroatoms. The highest BCUT2D eigenvalue weighted by Crippen LogP contribution is 2.21. The monoisotopic (exact) mass is 334 g/mol. The van der Waals surface area contributed by atoms with E-state index in [1.54, 1.807) is 0 Å². The number of halogens is 1. The number of nitrogens with zero attached hydrogens (tertiary/aromatic N) is 1. The first-order valence-corrected chi connectivity index (χ1v) is 8.06. The molecule has 0 bridgehead atoms. The Labute approximate surface area is 115 Å². The molecule has 0 spiro atoms. The van der Waals surface area contributed by atoms with Crippen molar-refractivity contribution in [1.29, 1.82) is 0 Å². The maximum absolute atomic E-state index is 12.1. The topological polar surface area (TPSA) is 79.3 Å². The average molecular weight is 335 g/mol. The van der Waals surface area contributed by atoms with Gasteiger partial charge >= 0.3 is 0 Å². The van der Waals surface area contributed by atoms with Crippen molar-refractivity contribution >= 4 is 26.0 Å². The third-order valence-electron chi connectivity index (χ3n) is 3.01. The number of pyridine rings is 1. The van der Waals surface area contributed by atoms with Crippen molar-refractivity contribution in [3.63, 3.8) is 0 Å². The van der Waals surface area contributed by atoms with Crippen LogP contribution in [0.25, 0.3) is 0 Å². The van der Waals surface area contributed by atoms with Crippen molar-refractivity contribution in [2.75, 3.05) is 0 Å². The van der Waals surface area contributed by atoms with Gasteiger partial charge in [-0.05, 0) is 47.7 Å². The average Bonchev–Trinajstić information content (AvgIpc) is 2.32. The van der Waals surface area contributed by atoms with Crippen molar-refractivity contribution in [2.45, 2.75) is 42.7 Å². The van der Waals surface area contributed by atoms with Crippen molar-refractivity contribution in [3.05, 3.63) is 22.9 Å². The van der Waals surface area contributed by atoms with E-state index in [1.807, 2.05) is 0 Å². The van der Waals surface area contributed by atoms with Crippen molar-refractivity contribution < 1.29 is 13.5 Å². The Hall–Kier alpha value is -0.500. The van der Waals surface area contributed by atoms with Crippen molar-refractivity contribution in [1.82, 2.24) is 9.71 Å². The molecule has 0 radical (unpaired) electrons. The van der Waals surface area contributed by atoms with E-state index < -0.39 is 10.0 Å². The summed E-state index contributed by atoms with van der Waals surface area (Å²) < 4.78 is 27.5. The number of sulfonamides is 1. The van der Waals surface area contributed by atoms with Crippen LogP contribution >= 0.6 is 15.9 Å². The zero-order valence-electron chi connectivity index (χ0n) is 9.71. The van der Waals surface area contributed by atoms with Crippen LogP contribution in [0, 0.1) is 0 Å². The van der Waals surface area contributed by atoms with Gasteiger partial charge < -0.3 is 5.11 Å². The minimum Gasteiger partial charge on any atom is -0.393 e. The van der Waals surface area contributed by atoms with Gasteiger partial charge in [0, 0.05) is 22.9 Å². The second kappa shape index (κ2) is 5.64. The molecular formula is C11H15BrN2O3S. The van der Waals surface area contributed by atoms with E-state index in [0.717, 1.165) is 0 Å². The molecule has 0 aromatic carbocycles. The van der Waals surface area contributed by atoms with Crippen LogP contribution in [-0.2, 0) is 10.0 Å². The van der Waals surface area contributed by atoms with E-state index >= 15 is 0 Å². The van der Waals surface area contributed by atoms with Crippen LogP contribution in [0.1, 0.15) is 25.7 Å². The Morgan fingerprint density at radius 1 is 1.28 bits per heavy atom. The second-order valence-corrected chi connectivity index (χ2v) is 7.10. The molecule has 1 saturated carbocycles. The molecule has 0 saturated heterocycles. The second-order valence-electron chi connectivity index (χ2n) is 4.47. The molecule has 1 heterocycles. The summed E-state index contributed by atoms with van der Waals surface area (Å²) in [4.78, 5) is 4.01. The highest BCUT2D eigenvalue weighted by molar-refractivity contribution is 9.10. The van der Waals surface area contributed by atoms with Crippen LogP contribution in [0.3, 0.4) is 0 Å². The first kappa shape index (κ1) is 13.9. The first-order chi connectivity index (χ1) is 8.47. The molecule has 2 rings (SSSR count). The molecule has 1 aromatic heterocycles. The Morgan fingerprint density at radius 3 is 2.56 bits per heavy atom. The van der Waals surface area contributed by atoms with Gasteiger partial charge in [0.05, 0.1) is 6.10 Å². The molecule has 18 heavy (non-hydrogen) atoms. The smallest absolute Gasteiger partial charge is 0.242 e. The van der Waals surface area contributed by atoms with Gasteiger partial charge in [0.25, 0.3) is 0 Å². The fourth-order valence-electron chi connectivity index (χ4n) is 2.02. The van der Waals surface area contributed by atoms with Crippen LogP contribution in [0.15, 0.2) is 27.8 Å². The maximum Gasteiger partial charge on any atom is 0.242 e. The predicted molar refractivity (Wildman–Crippen MR) is 70.5 cm³/mol. The van der Waals surface area contributed by atoms with Gasteiger partial charge in [-0.3, -0.25) is 4.98 Å². The Kier molecular flexibility index (Phi) is 4.37. The molecule has 0 amide bonds. The third-order valence-corrected chi connectivity index (χ3v) is 4.93. The summed E-state index contributed by atoms with van der Waals surface area (Å²) in [5.74, 6) is 0. The van der Waals surface area contributed by atoms with Gasteiger partial charge in [0.15, 0.2) is 0 Å². The van der Waals surface area contributed by atoms with Crippen LogP contribution in [0.2, 0.25) is 0 Å². The largest absolute Gasteiger partial charge is 0.393 e. The van der Waals surface area contributed by atoms with Crippen LogP contribution < -0.4 is 4.72 Å². The predicted octanol–water partition coefficient (Wildman–Crippen LogP) is 1.43. The van der Waals surface area contributed by atoms with E-state index in [1.165, 1.54) is 18.5 Å². The first-order valence-electron chi connectivity index (χ1n) is 5.78. The van der Waals surface area contributed by atoms with E-state index in [0.29, 0.717) is 30.2 Å². The number of nitrogens with one attached hydrogen (secondary N) is 1. The summed E-state index contributed by atoms with van der Waals surface area (Å²) >= 11 is 3.20. The Balaban J connectivity index is 2.08. The van der Waals surface area contributed by atoms with E-state index in [-0.39, 0.29) is 17.0 Å². The van der Waals surface area contributed by atoms with Crippen LogP contribution in [0.4, 0.5) is 0 Å². The van der Waals surface area contributed by atoms with Crippen LogP contribution in [-0.4, -0.2) is 30.7 Å². The molecular weight excluding hydrogens is 320 g/mol. The fraction of sp³-hybridized carbons (Fsp3) is 0.545. The number of rotatable bonds is 3. The molecule has 0 atom stereocenters. The molecule has 5 nitrogen and oxygen atoms in total. The summed E-state index contributed by atoms with van der Waals surface area (Å²) in [6, 6.07) is 1.42. The van der Waals surface area contributed by atoms with Gasteiger partial charge in [0.2, 0.25) is 10.0 Å². The lowest BCUT2D eigenvalue weighted by Gasteiger charge is -2.25. The van der Waals surface area contributed by atoms with Gasteiger partial charge in [0.1, 0.15) is 4.90 Å². The number of hydrogen-bond donors (Lipinski definition) is 2. The summed E-state index contributed by atoms with van der Waals surface area (Å²) in [6.07, 6.45) is 5.19. The quantitative estimate of drug-likeness (QED) is 0.876.